The first-order chi connectivity index (χ1) is 44.8. The highest BCUT2D eigenvalue weighted by Crippen LogP contribution is 2.45. The molecule has 0 radical (unpaired) electrons. The van der Waals surface area contributed by atoms with E-state index in [-0.39, 0.29) is 25.7 Å². The van der Waals surface area contributed by atoms with Crippen LogP contribution in [0.3, 0.4) is 0 Å². The van der Waals surface area contributed by atoms with E-state index in [1.807, 2.05) is 0 Å². The smallest absolute Gasteiger partial charge is 0.462 e. The number of aliphatic hydroxyl groups is 1. The molecular weight excluding hydrogens is 1220 g/mol. The van der Waals surface area contributed by atoms with Gasteiger partial charge in [0.2, 0.25) is 0 Å². The number of phosphoric acid groups is 2. The Kier molecular flexibility index (Phi) is 62.5. The van der Waals surface area contributed by atoms with Crippen LogP contribution >= 0.6 is 15.6 Å². The van der Waals surface area contributed by atoms with Crippen molar-refractivity contribution in [2.24, 2.45) is 17.8 Å². The lowest BCUT2D eigenvalue weighted by Crippen LogP contribution is -2.30. The van der Waals surface area contributed by atoms with Crippen LogP contribution in [0.4, 0.5) is 0 Å². The van der Waals surface area contributed by atoms with Crippen molar-refractivity contribution in [3.8, 4) is 0 Å². The van der Waals surface area contributed by atoms with E-state index in [0.717, 1.165) is 115 Å². The van der Waals surface area contributed by atoms with Gasteiger partial charge in [-0.15, -0.1) is 0 Å². The minimum absolute atomic E-state index is 0.0836. The van der Waals surface area contributed by atoms with Gasteiger partial charge in [0.25, 0.3) is 0 Å². The van der Waals surface area contributed by atoms with E-state index in [1.165, 1.54) is 141 Å². The lowest BCUT2D eigenvalue weighted by atomic mass is 9.99. The Morgan fingerprint density at radius 1 is 0.355 bits per heavy atom. The highest BCUT2D eigenvalue weighted by atomic mass is 31.2. The number of phosphoric ester groups is 2. The molecular formula is C74H140O17P2. The number of carbonyl (C=O) groups excluding carboxylic acids is 4. The van der Waals surface area contributed by atoms with Crippen molar-refractivity contribution in [3.63, 3.8) is 0 Å². The molecule has 0 aliphatic rings. The fourth-order valence-corrected chi connectivity index (χ4v) is 12.3. The molecule has 19 heteroatoms. The van der Waals surface area contributed by atoms with E-state index in [9.17, 15) is 43.2 Å². The van der Waals surface area contributed by atoms with Gasteiger partial charge in [-0.2, -0.15) is 0 Å². The lowest BCUT2D eigenvalue weighted by molar-refractivity contribution is -0.161. The maximum absolute atomic E-state index is 13.0. The van der Waals surface area contributed by atoms with Crippen LogP contribution in [0, 0.1) is 17.8 Å². The summed E-state index contributed by atoms with van der Waals surface area (Å²) in [5.41, 5.74) is 0. The summed E-state index contributed by atoms with van der Waals surface area (Å²) >= 11 is 0. The third-order valence-electron chi connectivity index (χ3n) is 16.9. The summed E-state index contributed by atoms with van der Waals surface area (Å²) in [4.78, 5) is 72.6. The first-order valence-corrected chi connectivity index (χ1v) is 40.7. The standard InChI is InChI=1S/C74H140O17P2/c1-8-10-11-12-13-14-15-16-17-22-25-28-34-43-50-57-73(78)90-70(62-85-72(77)56-49-42-37-36-39-46-53-66(5)6)64-89-93(82,83)87-60-68(75)59-86-92(80,81)88-63-69(91-74(79)58-51-44-35-30-29-31-38-45-52-65(3)4)61-84-71(76)55-48-41-33-27-24-21-19-18-20-23-26-32-40-47-54-67(7)9-2/h14-17,65-70,75H,8-13,18-64H2,1-7H3,(H,80,81)(H,82,83)/b15-14-,17-16-/t67?,68-,69-,70-/m1/s1. The molecule has 0 aliphatic heterocycles. The molecule has 0 amide bonds. The van der Waals surface area contributed by atoms with Crippen molar-refractivity contribution in [2.75, 3.05) is 39.6 Å². The van der Waals surface area contributed by atoms with Gasteiger partial charge in [0.1, 0.15) is 19.3 Å². The Bertz CT molecular complexity index is 1910. The van der Waals surface area contributed by atoms with Gasteiger partial charge in [0, 0.05) is 25.7 Å². The lowest BCUT2D eigenvalue weighted by Gasteiger charge is -2.21. The molecule has 0 bridgehead atoms. The van der Waals surface area contributed by atoms with Crippen molar-refractivity contribution in [3.05, 3.63) is 24.3 Å². The summed E-state index contributed by atoms with van der Waals surface area (Å²) in [6, 6.07) is 0. The van der Waals surface area contributed by atoms with Gasteiger partial charge in [-0.05, 0) is 69.1 Å². The third-order valence-corrected chi connectivity index (χ3v) is 18.8. The van der Waals surface area contributed by atoms with Gasteiger partial charge in [0.05, 0.1) is 26.4 Å². The molecule has 0 heterocycles. The van der Waals surface area contributed by atoms with Gasteiger partial charge in [0.15, 0.2) is 12.2 Å². The first-order valence-electron chi connectivity index (χ1n) is 37.7. The Morgan fingerprint density at radius 3 is 0.957 bits per heavy atom. The molecule has 3 unspecified atom stereocenters. The molecule has 548 valence electrons. The van der Waals surface area contributed by atoms with Crippen LogP contribution in [0.15, 0.2) is 24.3 Å². The van der Waals surface area contributed by atoms with Gasteiger partial charge in [-0.3, -0.25) is 37.3 Å². The number of carbonyl (C=O) groups is 4. The summed E-state index contributed by atoms with van der Waals surface area (Å²) in [6.45, 7) is 11.7. The molecule has 0 aromatic heterocycles. The molecule has 0 fully saturated rings. The number of esters is 4. The number of hydrogen-bond acceptors (Lipinski definition) is 15. The normalized spacial score (nSPS) is 14.6. The first kappa shape index (κ1) is 90.5. The SMILES string of the molecule is CCCCCC/C=C\C=C/CCCCCCCC(=O)O[C@H](COC(=O)CCCCCCCCC(C)C)COP(=O)(O)OC[C@H](O)COP(=O)(O)OC[C@@H](COC(=O)CCCCCCCCCCCCCCCCC(C)CC)OC(=O)CCCCCCCCCCC(C)C. The zero-order valence-electron chi connectivity index (χ0n) is 60.2. The number of aliphatic hydroxyl groups excluding tert-OH is 1. The van der Waals surface area contributed by atoms with Crippen LogP contribution in [0.25, 0.3) is 0 Å². The monoisotopic (exact) mass is 1360 g/mol. The molecule has 17 nitrogen and oxygen atoms in total. The van der Waals surface area contributed by atoms with Crippen molar-refractivity contribution in [2.45, 2.75) is 369 Å². The second-order valence-electron chi connectivity index (χ2n) is 27.2. The molecule has 3 N–H and O–H groups in total. The van der Waals surface area contributed by atoms with Gasteiger partial charge < -0.3 is 33.8 Å². The van der Waals surface area contributed by atoms with E-state index in [2.05, 4.69) is 72.8 Å². The summed E-state index contributed by atoms with van der Waals surface area (Å²) < 4.78 is 68.3. The van der Waals surface area contributed by atoms with Crippen LogP contribution in [-0.4, -0.2) is 96.7 Å². The zero-order chi connectivity index (χ0) is 68.7. The average Bonchev–Trinajstić information content (AvgIpc) is 1.60. The molecule has 0 rings (SSSR count). The van der Waals surface area contributed by atoms with E-state index in [0.29, 0.717) is 37.5 Å². The topological polar surface area (TPSA) is 237 Å². The van der Waals surface area contributed by atoms with E-state index in [4.69, 9.17) is 37.0 Å². The van der Waals surface area contributed by atoms with Gasteiger partial charge in [-0.1, -0.05) is 297 Å². The number of allylic oxidation sites excluding steroid dienone is 4. The third kappa shape index (κ3) is 66.6. The molecule has 0 saturated carbocycles. The van der Waals surface area contributed by atoms with Gasteiger partial charge >= 0.3 is 39.5 Å². The minimum Gasteiger partial charge on any atom is -0.462 e. The Morgan fingerprint density at radius 2 is 0.634 bits per heavy atom. The second kappa shape index (κ2) is 64.2. The molecule has 0 aromatic rings. The van der Waals surface area contributed by atoms with E-state index in [1.54, 1.807) is 0 Å². The predicted octanol–water partition coefficient (Wildman–Crippen LogP) is 21.0. The highest BCUT2D eigenvalue weighted by Gasteiger charge is 2.30. The molecule has 0 saturated heterocycles. The summed E-state index contributed by atoms with van der Waals surface area (Å²) in [6.07, 6.45) is 52.3. The van der Waals surface area contributed by atoms with Crippen molar-refractivity contribution in [1.82, 2.24) is 0 Å². The Hall–Kier alpha value is -2.46. The van der Waals surface area contributed by atoms with Crippen molar-refractivity contribution < 1.29 is 80.2 Å². The summed E-state index contributed by atoms with van der Waals surface area (Å²) in [5.74, 6) is 0.0856. The van der Waals surface area contributed by atoms with E-state index >= 15 is 0 Å². The number of rotatable bonds is 70. The van der Waals surface area contributed by atoms with E-state index < -0.39 is 97.5 Å². The fraction of sp³-hybridized carbons (Fsp3) is 0.892. The zero-order valence-corrected chi connectivity index (χ0v) is 62.0. The Balaban J connectivity index is 5.23. The second-order valence-corrected chi connectivity index (χ2v) is 30.1. The molecule has 0 spiro atoms. The largest absolute Gasteiger partial charge is 0.472 e. The molecule has 93 heavy (non-hydrogen) atoms. The molecule has 6 atom stereocenters. The highest BCUT2D eigenvalue weighted by molar-refractivity contribution is 7.47. The number of ether oxygens (including phenoxy) is 4. The van der Waals surface area contributed by atoms with Crippen molar-refractivity contribution in [1.29, 1.82) is 0 Å². The quantitative estimate of drug-likeness (QED) is 0.0169. The van der Waals surface area contributed by atoms with Crippen LogP contribution in [0.1, 0.15) is 350 Å². The van der Waals surface area contributed by atoms with Crippen molar-refractivity contribution >= 4 is 39.5 Å². The summed E-state index contributed by atoms with van der Waals surface area (Å²) in [5, 5.41) is 10.6. The minimum atomic E-state index is -4.96. The van der Waals surface area contributed by atoms with Crippen LogP contribution in [0.5, 0.6) is 0 Å². The molecule has 0 aromatic carbocycles. The summed E-state index contributed by atoms with van der Waals surface area (Å²) in [7, 11) is -9.92. The fourth-order valence-electron chi connectivity index (χ4n) is 10.7. The predicted molar refractivity (Wildman–Crippen MR) is 377 cm³/mol. The van der Waals surface area contributed by atoms with Crippen LogP contribution in [0.2, 0.25) is 0 Å². The maximum Gasteiger partial charge on any atom is 0.472 e. The van der Waals surface area contributed by atoms with Gasteiger partial charge in [-0.25, -0.2) is 9.13 Å². The maximum atomic E-state index is 13.0. The number of hydrogen-bond donors (Lipinski definition) is 3. The van der Waals surface area contributed by atoms with Crippen LogP contribution in [-0.2, 0) is 65.4 Å². The number of unbranched alkanes of at least 4 members (excludes halogenated alkanes) is 34. The Labute approximate surface area is 567 Å². The molecule has 0 aliphatic carbocycles. The average molecular weight is 1360 g/mol. The van der Waals surface area contributed by atoms with Crippen LogP contribution < -0.4 is 0 Å².